The second-order valence-corrected chi connectivity index (χ2v) is 6.35. The smallest absolute Gasteiger partial charge is 0.227 e. The predicted octanol–water partition coefficient (Wildman–Crippen LogP) is 3.20. The number of nitrogens with zero attached hydrogens (tertiary/aromatic N) is 3. The van der Waals surface area contributed by atoms with Gasteiger partial charge < -0.3 is 14.2 Å². The van der Waals surface area contributed by atoms with Crippen molar-refractivity contribution in [3.05, 3.63) is 54.4 Å². The molecule has 0 saturated carbocycles. The van der Waals surface area contributed by atoms with Gasteiger partial charge in [-0.3, -0.25) is 4.79 Å². The molecule has 0 unspecified atom stereocenters. The summed E-state index contributed by atoms with van der Waals surface area (Å²) in [5.41, 5.74) is 2.79. The molecule has 0 aliphatic carbocycles. The zero-order chi connectivity index (χ0) is 18.1. The number of benzene rings is 2. The molecule has 0 spiro atoms. The molecule has 1 aliphatic heterocycles. The monoisotopic (exact) mass is 345 g/mol. The third-order valence-corrected chi connectivity index (χ3v) is 4.81. The maximum atomic E-state index is 12.6. The van der Waals surface area contributed by atoms with Gasteiger partial charge in [0.05, 0.1) is 24.7 Å². The van der Waals surface area contributed by atoms with Crippen molar-refractivity contribution >= 4 is 22.6 Å². The average Bonchev–Trinajstić information content (AvgIpc) is 3.23. The van der Waals surface area contributed by atoms with Crippen LogP contribution in [0.1, 0.15) is 18.2 Å². The SMILES string of the molecule is C#CCn1c([C@H]2CC(=O)N(c3ccc(OC)cc3)C2)nc2ccccc21. The van der Waals surface area contributed by atoms with E-state index in [2.05, 4.69) is 5.92 Å². The van der Waals surface area contributed by atoms with Crippen LogP contribution in [0.15, 0.2) is 48.5 Å². The van der Waals surface area contributed by atoms with Crippen molar-refractivity contribution in [1.82, 2.24) is 9.55 Å². The van der Waals surface area contributed by atoms with E-state index in [1.165, 1.54) is 0 Å². The highest BCUT2D eigenvalue weighted by molar-refractivity contribution is 5.96. The Bertz CT molecular complexity index is 998. The highest BCUT2D eigenvalue weighted by atomic mass is 16.5. The molecule has 2 heterocycles. The molecule has 1 aliphatic rings. The van der Waals surface area contributed by atoms with E-state index in [1.807, 2.05) is 58.0 Å². The first-order valence-corrected chi connectivity index (χ1v) is 8.54. The molecule has 1 atom stereocenters. The Morgan fingerprint density at radius 2 is 2.00 bits per heavy atom. The van der Waals surface area contributed by atoms with E-state index >= 15 is 0 Å². The molecule has 0 bridgehead atoms. The van der Waals surface area contributed by atoms with E-state index in [0.717, 1.165) is 28.3 Å². The number of aromatic nitrogens is 2. The van der Waals surface area contributed by atoms with E-state index in [4.69, 9.17) is 16.1 Å². The summed E-state index contributed by atoms with van der Waals surface area (Å²) in [7, 11) is 1.63. The summed E-state index contributed by atoms with van der Waals surface area (Å²) in [4.78, 5) is 19.2. The Balaban J connectivity index is 1.67. The lowest BCUT2D eigenvalue weighted by molar-refractivity contribution is -0.117. The van der Waals surface area contributed by atoms with E-state index in [-0.39, 0.29) is 11.8 Å². The summed E-state index contributed by atoms with van der Waals surface area (Å²) in [5, 5.41) is 0. The minimum Gasteiger partial charge on any atom is -0.497 e. The molecule has 4 rings (SSSR count). The van der Waals surface area contributed by atoms with Gasteiger partial charge >= 0.3 is 0 Å². The number of methoxy groups -OCH3 is 1. The third kappa shape index (κ3) is 2.70. The Kier molecular flexibility index (Phi) is 4.10. The Morgan fingerprint density at radius 1 is 1.23 bits per heavy atom. The summed E-state index contributed by atoms with van der Waals surface area (Å²) in [5.74, 6) is 4.47. The van der Waals surface area contributed by atoms with Gasteiger partial charge in [-0.25, -0.2) is 4.98 Å². The Morgan fingerprint density at radius 3 is 2.73 bits per heavy atom. The van der Waals surface area contributed by atoms with Gasteiger partial charge in [-0.15, -0.1) is 6.42 Å². The van der Waals surface area contributed by atoms with Gasteiger partial charge in [-0.1, -0.05) is 18.1 Å². The summed E-state index contributed by atoms with van der Waals surface area (Å²) in [6.07, 6.45) is 5.99. The van der Waals surface area contributed by atoms with Crippen LogP contribution in [0, 0.1) is 12.3 Å². The molecular weight excluding hydrogens is 326 g/mol. The van der Waals surface area contributed by atoms with Gasteiger partial charge in [0, 0.05) is 24.6 Å². The first kappa shape index (κ1) is 16.2. The molecule has 0 radical (unpaired) electrons. The number of para-hydroxylation sites is 2. The summed E-state index contributed by atoms with van der Waals surface area (Å²) in [6, 6.07) is 15.5. The van der Waals surface area contributed by atoms with Crippen molar-refractivity contribution < 1.29 is 9.53 Å². The van der Waals surface area contributed by atoms with Crippen molar-refractivity contribution in [3.8, 4) is 18.1 Å². The van der Waals surface area contributed by atoms with Gasteiger partial charge in [0.1, 0.15) is 11.6 Å². The maximum absolute atomic E-state index is 12.6. The highest BCUT2D eigenvalue weighted by Crippen LogP contribution is 2.33. The van der Waals surface area contributed by atoms with Crippen LogP contribution < -0.4 is 9.64 Å². The molecule has 3 aromatic rings. The zero-order valence-electron chi connectivity index (χ0n) is 14.6. The van der Waals surface area contributed by atoms with E-state index in [0.29, 0.717) is 19.5 Å². The van der Waals surface area contributed by atoms with Crippen molar-refractivity contribution in [2.24, 2.45) is 0 Å². The average molecular weight is 345 g/mol. The first-order chi connectivity index (χ1) is 12.7. The van der Waals surface area contributed by atoms with E-state index in [9.17, 15) is 4.79 Å². The number of hydrogen-bond donors (Lipinski definition) is 0. The molecule has 5 nitrogen and oxygen atoms in total. The summed E-state index contributed by atoms with van der Waals surface area (Å²) in [6.45, 7) is 1.04. The molecule has 1 fully saturated rings. The van der Waals surface area contributed by atoms with Crippen LogP contribution in [0.25, 0.3) is 11.0 Å². The largest absolute Gasteiger partial charge is 0.497 e. The van der Waals surface area contributed by atoms with Crippen molar-refractivity contribution in [2.75, 3.05) is 18.6 Å². The molecule has 5 heteroatoms. The minimum absolute atomic E-state index is 0.0188. The van der Waals surface area contributed by atoms with Crippen LogP contribution in [0.4, 0.5) is 5.69 Å². The quantitative estimate of drug-likeness (QED) is 0.682. The molecule has 0 N–H and O–H groups in total. The van der Waals surface area contributed by atoms with Gasteiger partial charge in [-0.05, 0) is 36.4 Å². The van der Waals surface area contributed by atoms with Gasteiger partial charge in [0.2, 0.25) is 5.91 Å². The maximum Gasteiger partial charge on any atom is 0.227 e. The molecule has 2 aromatic carbocycles. The Labute approximate surface area is 152 Å². The van der Waals surface area contributed by atoms with Crippen LogP contribution in [0.2, 0.25) is 0 Å². The third-order valence-electron chi connectivity index (χ3n) is 4.81. The van der Waals surface area contributed by atoms with Crippen LogP contribution in [-0.2, 0) is 11.3 Å². The van der Waals surface area contributed by atoms with Crippen molar-refractivity contribution in [1.29, 1.82) is 0 Å². The first-order valence-electron chi connectivity index (χ1n) is 8.54. The Hall–Kier alpha value is -3.26. The lowest BCUT2D eigenvalue weighted by atomic mass is 10.1. The fourth-order valence-electron chi connectivity index (χ4n) is 3.56. The second-order valence-electron chi connectivity index (χ2n) is 6.35. The highest BCUT2D eigenvalue weighted by Gasteiger charge is 2.34. The summed E-state index contributed by atoms with van der Waals surface area (Å²) >= 11 is 0. The molecule has 1 amide bonds. The van der Waals surface area contributed by atoms with Gasteiger partial charge in [0.25, 0.3) is 0 Å². The lowest BCUT2D eigenvalue weighted by Crippen LogP contribution is -2.24. The van der Waals surface area contributed by atoms with Crippen molar-refractivity contribution in [2.45, 2.75) is 18.9 Å². The normalized spacial score (nSPS) is 16.8. The molecular formula is C21H19N3O2. The predicted molar refractivity (Wildman–Crippen MR) is 101 cm³/mol. The van der Waals surface area contributed by atoms with Gasteiger partial charge in [0.15, 0.2) is 0 Å². The van der Waals surface area contributed by atoms with Crippen LogP contribution in [-0.4, -0.2) is 29.1 Å². The lowest BCUT2D eigenvalue weighted by Gasteiger charge is -2.17. The summed E-state index contributed by atoms with van der Waals surface area (Å²) < 4.78 is 7.24. The van der Waals surface area contributed by atoms with E-state index in [1.54, 1.807) is 7.11 Å². The number of amides is 1. The van der Waals surface area contributed by atoms with Crippen molar-refractivity contribution in [3.63, 3.8) is 0 Å². The molecule has 26 heavy (non-hydrogen) atoms. The number of imidazole rings is 1. The topological polar surface area (TPSA) is 47.4 Å². The molecule has 130 valence electrons. The number of carbonyl (C=O) groups is 1. The second kappa shape index (κ2) is 6.57. The fraction of sp³-hybridized carbons (Fsp3) is 0.238. The number of anilines is 1. The number of hydrogen-bond acceptors (Lipinski definition) is 3. The number of carbonyl (C=O) groups excluding carboxylic acids is 1. The molecule has 1 saturated heterocycles. The van der Waals surface area contributed by atoms with Crippen LogP contribution in [0.5, 0.6) is 5.75 Å². The number of ether oxygens (including phenoxy) is 1. The number of terminal acetylenes is 1. The van der Waals surface area contributed by atoms with Gasteiger partial charge in [-0.2, -0.15) is 0 Å². The van der Waals surface area contributed by atoms with Crippen LogP contribution in [0.3, 0.4) is 0 Å². The standard InChI is InChI=1S/C21H19N3O2/c1-3-12-23-19-7-5-4-6-18(19)22-21(23)15-13-20(25)24(14-15)16-8-10-17(26-2)11-9-16/h1,4-11,15H,12-14H2,2H3/t15-/m0/s1. The molecule has 1 aromatic heterocycles. The number of fused-ring (bicyclic) bond motifs is 1. The van der Waals surface area contributed by atoms with Crippen LogP contribution >= 0.6 is 0 Å². The van der Waals surface area contributed by atoms with E-state index < -0.39 is 0 Å². The minimum atomic E-state index is 0.0188. The fourth-order valence-corrected chi connectivity index (χ4v) is 3.56. The number of rotatable bonds is 4. The zero-order valence-corrected chi connectivity index (χ0v) is 14.6.